The van der Waals surface area contributed by atoms with Crippen molar-refractivity contribution in [1.29, 1.82) is 0 Å². The van der Waals surface area contributed by atoms with Gasteiger partial charge in [0.05, 0.1) is 0 Å². The van der Waals surface area contributed by atoms with E-state index < -0.39 is 0 Å². The molecule has 2 rings (SSSR count). The molecule has 2 aromatic carbocycles. The lowest BCUT2D eigenvalue weighted by Gasteiger charge is -2.12. The Morgan fingerprint density at radius 2 is 1.55 bits per heavy atom. The predicted molar refractivity (Wildman–Crippen MR) is 84.5 cm³/mol. The van der Waals surface area contributed by atoms with Crippen molar-refractivity contribution in [2.45, 2.75) is 32.7 Å². The third kappa shape index (κ3) is 3.61. The molecule has 1 N–H and O–H groups in total. The van der Waals surface area contributed by atoms with Crippen LogP contribution in [-0.4, -0.2) is 7.05 Å². The summed E-state index contributed by atoms with van der Waals surface area (Å²) in [6, 6.07) is 16.9. The van der Waals surface area contributed by atoms with E-state index in [1.807, 2.05) is 31.3 Å². The van der Waals surface area contributed by atoms with Crippen molar-refractivity contribution in [3.8, 4) is 11.5 Å². The van der Waals surface area contributed by atoms with Crippen LogP contribution in [0.25, 0.3) is 0 Å². The fraction of sp³-hybridized carbons (Fsp3) is 0.333. The first-order chi connectivity index (χ1) is 9.60. The van der Waals surface area contributed by atoms with E-state index in [1.54, 1.807) is 0 Å². The lowest BCUT2D eigenvalue weighted by molar-refractivity contribution is 0.481. The van der Waals surface area contributed by atoms with E-state index in [2.05, 4.69) is 50.4 Å². The van der Waals surface area contributed by atoms with Crippen LogP contribution in [0.15, 0.2) is 48.5 Å². The number of benzene rings is 2. The Kier molecular flexibility index (Phi) is 4.80. The summed E-state index contributed by atoms with van der Waals surface area (Å²) >= 11 is 0. The average molecular weight is 269 g/mol. The number of nitrogens with one attached hydrogen (secondary N) is 1. The van der Waals surface area contributed by atoms with Crippen LogP contribution in [0.4, 0.5) is 0 Å². The van der Waals surface area contributed by atoms with Crippen molar-refractivity contribution in [2.75, 3.05) is 7.05 Å². The monoisotopic (exact) mass is 269 g/mol. The highest BCUT2D eigenvalue weighted by Gasteiger charge is 2.04. The quantitative estimate of drug-likeness (QED) is 0.835. The van der Waals surface area contributed by atoms with Gasteiger partial charge in [0.25, 0.3) is 0 Å². The summed E-state index contributed by atoms with van der Waals surface area (Å²) in [7, 11) is 1.96. The highest BCUT2D eigenvalue weighted by atomic mass is 16.5. The molecular formula is C18H23NO. The Morgan fingerprint density at radius 3 is 2.15 bits per heavy atom. The SMILES string of the molecule is CNC(C)c1ccc(Oc2cccc(C(C)C)c2)cc1. The number of ether oxygens (including phenoxy) is 1. The van der Waals surface area contributed by atoms with Crippen molar-refractivity contribution in [3.63, 3.8) is 0 Å². The molecule has 2 aromatic rings. The Hall–Kier alpha value is -1.80. The molecule has 0 radical (unpaired) electrons. The van der Waals surface area contributed by atoms with E-state index in [0.717, 1.165) is 11.5 Å². The van der Waals surface area contributed by atoms with E-state index in [-0.39, 0.29) is 0 Å². The van der Waals surface area contributed by atoms with E-state index in [9.17, 15) is 0 Å². The average Bonchev–Trinajstić information content (AvgIpc) is 2.47. The summed E-state index contributed by atoms with van der Waals surface area (Å²) in [5.74, 6) is 2.28. The van der Waals surface area contributed by atoms with Gasteiger partial charge in [-0.2, -0.15) is 0 Å². The molecule has 0 aliphatic heterocycles. The summed E-state index contributed by atoms with van der Waals surface area (Å²) in [6.07, 6.45) is 0. The van der Waals surface area contributed by atoms with Gasteiger partial charge in [0.15, 0.2) is 0 Å². The molecule has 1 atom stereocenters. The van der Waals surface area contributed by atoms with Gasteiger partial charge in [0.1, 0.15) is 11.5 Å². The molecule has 2 heteroatoms. The van der Waals surface area contributed by atoms with Crippen LogP contribution in [0.2, 0.25) is 0 Å². The zero-order chi connectivity index (χ0) is 14.5. The molecule has 0 aliphatic carbocycles. The second kappa shape index (κ2) is 6.58. The smallest absolute Gasteiger partial charge is 0.127 e. The second-order valence-electron chi connectivity index (χ2n) is 5.41. The zero-order valence-corrected chi connectivity index (χ0v) is 12.7. The highest BCUT2D eigenvalue weighted by Crippen LogP contribution is 2.26. The van der Waals surface area contributed by atoms with Crippen LogP contribution < -0.4 is 10.1 Å². The first-order valence-corrected chi connectivity index (χ1v) is 7.15. The van der Waals surface area contributed by atoms with Crippen LogP contribution in [0.3, 0.4) is 0 Å². The number of hydrogen-bond acceptors (Lipinski definition) is 2. The zero-order valence-electron chi connectivity index (χ0n) is 12.7. The molecule has 0 aliphatic rings. The van der Waals surface area contributed by atoms with E-state index in [4.69, 9.17) is 4.74 Å². The molecule has 0 bridgehead atoms. The first-order valence-electron chi connectivity index (χ1n) is 7.15. The van der Waals surface area contributed by atoms with E-state index >= 15 is 0 Å². The Balaban J connectivity index is 2.12. The van der Waals surface area contributed by atoms with Gasteiger partial charge in [-0.05, 0) is 55.3 Å². The summed E-state index contributed by atoms with van der Waals surface area (Å²) in [4.78, 5) is 0. The predicted octanol–water partition coefficient (Wildman–Crippen LogP) is 4.88. The van der Waals surface area contributed by atoms with E-state index in [0.29, 0.717) is 12.0 Å². The van der Waals surface area contributed by atoms with E-state index in [1.165, 1.54) is 11.1 Å². The van der Waals surface area contributed by atoms with Gasteiger partial charge in [0, 0.05) is 6.04 Å². The Bertz CT molecular complexity index is 546. The van der Waals surface area contributed by atoms with Gasteiger partial charge >= 0.3 is 0 Å². The van der Waals surface area contributed by atoms with Gasteiger partial charge in [-0.1, -0.05) is 38.1 Å². The Morgan fingerprint density at radius 1 is 0.850 bits per heavy atom. The molecule has 106 valence electrons. The van der Waals surface area contributed by atoms with Gasteiger partial charge in [-0.3, -0.25) is 0 Å². The minimum absolute atomic E-state index is 0.355. The van der Waals surface area contributed by atoms with Gasteiger partial charge in [-0.25, -0.2) is 0 Å². The minimum Gasteiger partial charge on any atom is -0.457 e. The topological polar surface area (TPSA) is 21.3 Å². The molecule has 0 saturated heterocycles. The van der Waals surface area contributed by atoms with Crippen LogP contribution >= 0.6 is 0 Å². The van der Waals surface area contributed by atoms with Crippen molar-refractivity contribution in [1.82, 2.24) is 5.32 Å². The van der Waals surface area contributed by atoms with Crippen molar-refractivity contribution < 1.29 is 4.74 Å². The summed E-state index contributed by atoms with van der Waals surface area (Å²) in [5, 5.41) is 3.23. The molecule has 2 nitrogen and oxygen atoms in total. The van der Waals surface area contributed by atoms with Gasteiger partial charge < -0.3 is 10.1 Å². The fourth-order valence-electron chi connectivity index (χ4n) is 2.06. The number of hydrogen-bond donors (Lipinski definition) is 1. The molecule has 0 amide bonds. The molecule has 0 fully saturated rings. The van der Waals surface area contributed by atoms with Crippen molar-refractivity contribution in [3.05, 3.63) is 59.7 Å². The molecule has 0 spiro atoms. The summed E-state index contributed by atoms with van der Waals surface area (Å²) in [6.45, 7) is 6.52. The molecule has 0 saturated carbocycles. The maximum Gasteiger partial charge on any atom is 0.127 e. The first kappa shape index (κ1) is 14.6. The van der Waals surface area contributed by atoms with Crippen molar-refractivity contribution in [2.24, 2.45) is 0 Å². The van der Waals surface area contributed by atoms with Gasteiger partial charge in [0.2, 0.25) is 0 Å². The normalized spacial score (nSPS) is 12.4. The second-order valence-corrected chi connectivity index (χ2v) is 5.41. The summed E-state index contributed by atoms with van der Waals surface area (Å²) < 4.78 is 5.92. The largest absolute Gasteiger partial charge is 0.457 e. The van der Waals surface area contributed by atoms with Crippen LogP contribution in [0.5, 0.6) is 11.5 Å². The molecule has 0 aromatic heterocycles. The lowest BCUT2D eigenvalue weighted by atomic mass is 10.0. The number of rotatable bonds is 5. The Labute approximate surface area is 121 Å². The molecular weight excluding hydrogens is 246 g/mol. The summed E-state index contributed by atoms with van der Waals surface area (Å²) in [5.41, 5.74) is 2.55. The molecule has 1 unspecified atom stereocenters. The van der Waals surface area contributed by atoms with Crippen LogP contribution in [0.1, 0.15) is 43.9 Å². The minimum atomic E-state index is 0.355. The molecule has 20 heavy (non-hydrogen) atoms. The maximum atomic E-state index is 5.92. The standard InChI is InChI=1S/C18H23NO/c1-13(2)16-6-5-7-18(12-16)20-17-10-8-15(9-11-17)14(3)19-4/h5-14,19H,1-4H3. The molecule has 0 heterocycles. The highest BCUT2D eigenvalue weighted by molar-refractivity contribution is 5.36. The van der Waals surface area contributed by atoms with Crippen LogP contribution in [0, 0.1) is 0 Å². The van der Waals surface area contributed by atoms with Crippen LogP contribution in [-0.2, 0) is 0 Å². The third-order valence-electron chi connectivity index (χ3n) is 3.57. The lowest BCUT2D eigenvalue weighted by Crippen LogP contribution is -2.11. The van der Waals surface area contributed by atoms with Crippen molar-refractivity contribution >= 4 is 0 Å². The maximum absolute atomic E-state index is 5.92. The fourth-order valence-corrected chi connectivity index (χ4v) is 2.06. The van der Waals surface area contributed by atoms with Gasteiger partial charge in [-0.15, -0.1) is 0 Å². The third-order valence-corrected chi connectivity index (χ3v) is 3.57.